The van der Waals surface area contributed by atoms with Crippen LogP contribution in [0.1, 0.15) is 29.8 Å². The molecule has 2 N–H and O–H groups in total. The van der Waals surface area contributed by atoms with Crippen molar-refractivity contribution in [3.8, 4) is 0 Å². The fourth-order valence-corrected chi connectivity index (χ4v) is 2.58. The van der Waals surface area contributed by atoms with Crippen LogP contribution in [0.2, 0.25) is 10.0 Å². The molecule has 1 aromatic carbocycles. The average molecular weight is 352 g/mol. The third-order valence-electron chi connectivity index (χ3n) is 3.16. The lowest BCUT2D eigenvalue weighted by molar-refractivity contribution is 0.0943. The first-order valence-corrected chi connectivity index (χ1v) is 8.15. The van der Waals surface area contributed by atoms with Crippen LogP contribution in [0.25, 0.3) is 0 Å². The maximum Gasteiger partial charge on any atom is 0.253 e. The van der Waals surface area contributed by atoms with E-state index >= 15 is 0 Å². The molecule has 0 aliphatic rings. The summed E-state index contributed by atoms with van der Waals surface area (Å²) in [5, 5.41) is 7.37. The fraction of sp³-hybridized carbons (Fsp3) is 0.294. The molecule has 122 valence electrons. The second kappa shape index (κ2) is 8.18. The van der Waals surface area contributed by atoms with Crippen LogP contribution in [-0.2, 0) is 6.42 Å². The van der Waals surface area contributed by atoms with Crippen LogP contribution in [0, 0.1) is 0 Å². The number of nitrogens with one attached hydrogen (secondary N) is 2. The predicted molar refractivity (Wildman–Crippen MR) is 95.5 cm³/mol. The number of hydrogen-bond donors (Lipinski definition) is 2. The quantitative estimate of drug-likeness (QED) is 0.820. The second-order valence-corrected chi connectivity index (χ2v) is 6.35. The maximum absolute atomic E-state index is 12.0. The van der Waals surface area contributed by atoms with Gasteiger partial charge >= 0.3 is 0 Å². The smallest absolute Gasteiger partial charge is 0.253 e. The van der Waals surface area contributed by atoms with Crippen LogP contribution in [-0.4, -0.2) is 23.5 Å². The number of hydrogen-bond acceptors (Lipinski definition) is 3. The molecular weight excluding hydrogens is 333 g/mol. The van der Waals surface area contributed by atoms with Crippen LogP contribution in [0.3, 0.4) is 0 Å². The van der Waals surface area contributed by atoms with Crippen molar-refractivity contribution in [2.45, 2.75) is 26.3 Å². The van der Waals surface area contributed by atoms with E-state index in [4.69, 9.17) is 23.2 Å². The van der Waals surface area contributed by atoms with Crippen molar-refractivity contribution >= 4 is 34.8 Å². The van der Waals surface area contributed by atoms with E-state index in [0.717, 1.165) is 17.7 Å². The van der Waals surface area contributed by atoms with Gasteiger partial charge in [-0.2, -0.15) is 0 Å². The first-order valence-electron chi connectivity index (χ1n) is 7.39. The van der Waals surface area contributed by atoms with Gasteiger partial charge in [0.1, 0.15) is 0 Å². The van der Waals surface area contributed by atoms with Gasteiger partial charge in [-0.05, 0) is 44.0 Å². The minimum Gasteiger partial charge on any atom is -0.383 e. The first kappa shape index (κ1) is 17.6. The van der Waals surface area contributed by atoms with Crippen molar-refractivity contribution < 1.29 is 4.79 Å². The SMILES string of the molecule is CC(C)NC(=O)c1cncc(NCCc2ccc(Cl)cc2Cl)c1. The van der Waals surface area contributed by atoms with Gasteiger partial charge in [-0.3, -0.25) is 9.78 Å². The highest BCUT2D eigenvalue weighted by Gasteiger charge is 2.08. The van der Waals surface area contributed by atoms with Gasteiger partial charge in [0.15, 0.2) is 0 Å². The number of benzene rings is 1. The zero-order chi connectivity index (χ0) is 16.8. The number of pyridine rings is 1. The summed E-state index contributed by atoms with van der Waals surface area (Å²) in [6, 6.07) is 7.34. The summed E-state index contributed by atoms with van der Waals surface area (Å²) in [7, 11) is 0. The van der Waals surface area contributed by atoms with Gasteiger partial charge in [0.25, 0.3) is 5.91 Å². The van der Waals surface area contributed by atoms with Crippen molar-refractivity contribution in [2.24, 2.45) is 0 Å². The van der Waals surface area contributed by atoms with Gasteiger partial charge in [0, 0.05) is 35.0 Å². The summed E-state index contributed by atoms with van der Waals surface area (Å²) in [6.07, 6.45) is 3.99. The Bertz CT molecular complexity index is 689. The number of anilines is 1. The van der Waals surface area contributed by atoms with Crippen molar-refractivity contribution in [2.75, 3.05) is 11.9 Å². The Kier molecular flexibility index (Phi) is 6.25. The van der Waals surface area contributed by atoms with E-state index in [1.54, 1.807) is 24.5 Å². The predicted octanol–water partition coefficient (Wildman–Crippen LogP) is 4.18. The topological polar surface area (TPSA) is 54.0 Å². The average Bonchev–Trinajstić information content (AvgIpc) is 2.49. The molecule has 1 heterocycles. The van der Waals surface area contributed by atoms with Crippen LogP contribution in [0.5, 0.6) is 0 Å². The highest BCUT2D eigenvalue weighted by atomic mass is 35.5. The standard InChI is InChI=1S/C17H19Cl2N3O/c1-11(2)22-17(23)13-7-15(10-20-9-13)21-6-5-12-3-4-14(18)8-16(12)19/h3-4,7-11,21H,5-6H2,1-2H3,(H,22,23). The van der Waals surface area contributed by atoms with E-state index in [1.165, 1.54) is 0 Å². The summed E-state index contributed by atoms with van der Waals surface area (Å²) in [5.41, 5.74) is 2.35. The summed E-state index contributed by atoms with van der Waals surface area (Å²) in [5.74, 6) is -0.128. The fourth-order valence-electron chi connectivity index (χ4n) is 2.07. The monoisotopic (exact) mass is 351 g/mol. The Labute approximate surface area is 146 Å². The number of carbonyl (C=O) groups excluding carboxylic acids is 1. The zero-order valence-corrected chi connectivity index (χ0v) is 14.6. The molecule has 0 radical (unpaired) electrons. The first-order chi connectivity index (χ1) is 11.0. The third kappa shape index (κ3) is 5.41. The van der Waals surface area contributed by atoms with Crippen molar-refractivity contribution in [1.82, 2.24) is 10.3 Å². The number of rotatable bonds is 6. The number of amides is 1. The Hall–Kier alpha value is -1.78. The summed E-state index contributed by atoms with van der Waals surface area (Å²) in [6.45, 7) is 4.52. The number of aromatic nitrogens is 1. The minimum absolute atomic E-state index is 0.0890. The highest BCUT2D eigenvalue weighted by Crippen LogP contribution is 2.21. The summed E-state index contributed by atoms with van der Waals surface area (Å²) < 4.78 is 0. The molecule has 2 aromatic rings. The van der Waals surface area contributed by atoms with Crippen molar-refractivity contribution in [3.05, 3.63) is 57.8 Å². The summed E-state index contributed by atoms with van der Waals surface area (Å²) in [4.78, 5) is 16.1. The lowest BCUT2D eigenvalue weighted by atomic mass is 10.1. The van der Waals surface area contributed by atoms with E-state index in [2.05, 4.69) is 15.6 Å². The molecule has 0 unspecified atom stereocenters. The molecule has 0 saturated carbocycles. The molecule has 0 atom stereocenters. The largest absolute Gasteiger partial charge is 0.383 e. The van der Waals surface area contributed by atoms with E-state index in [9.17, 15) is 4.79 Å². The van der Waals surface area contributed by atoms with Crippen LogP contribution < -0.4 is 10.6 Å². The Morgan fingerprint density at radius 2 is 2.00 bits per heavy atom. The highest BCUT2D eigenvalue weighted by molar-refractivity contribution is 6.35. The van der Waals surface area contributed by atoms with E-state index in [0.29, 0.717) is 22.2 Å². The molecule has 4 nitrogen and oxygen atoms in total. The Balaban J connectivity index is 1.94. The van der Waals surface area contributed by atoms with Gasteiger partial charge in [-0.1, -0.05) is 29.3 Å². The van der Waals surface area contributed by atoms with Crippen molar-refractivity contribution in [1.29, 1.82) is 0 Å². The molecule has 1 aromatic heterocycles. The van der Waals surface area contributed by atoms with Gasteiger partial charge in [-0.15, -0.1) is 0 Å². The molecule has 0 aliphatic heterocycles. The van der Waals surface area contributed by atoms with E-state index in [1.807, 2.05) is 26.0 Å². The molecule has 2 rings (SSSR count). The molecule has 0 bridgehead atoms. The Morgan fingerprint density at radius 1 is 1.22 bits per heavy atom. The van der Waals surface area contributed by atoms with Gasteiger partial charge in [-0.25, -0.2) is 0 Å². The molecule has 6 heteroatoms. The molecule has 0 spiro atoms. The minimum atomic E-state index is -0.128. The zero-order valence-electron chi connectivity index (χ0n) is 13.1. The maximum atomic E-state index is 12.0. The molecule has 0 aliphatic carbocycles. The van der Waals surface area contributed by atoms with Crippen LogP contribution in [0.15, 0.2) is 36.7 Å². The normalized spacial score (nSPS) is 10.7. The molecular formula is C17H19Cl2N3O. The van der Waals surface area contributed by atoms with Crippen LogP contribution in [0.4, 0.5) is 5.69 Å². The number of carbonyl (C=O) groups is 1. The second-order valence-electron chi connectivity index (χ2n) is 5.50. The molecule has 1 amide bonds. The Morgan fingerprint density at radius 3 is 2.70 bits per heavy atom. The van der Waals surface area contributed by atoms with Crippen LogP contribution >= 0.6 is 23.2 Å². The van der Waals surface area contributed by atoms with E-state index < -0.39 is 0 Å². The van der Waals surface area contributed by atoms with Gasteiger partial charge < -0.3 is 10.6 Å². The molecule has 0 saturated heterocycles. The number of halogens is 2. The lowest BCUT2D eigenvalue weighted by Gasteiger charge is -2.11. The van der Waals surface area contributed by atoms with Gasteiger partial charge in [0.05, 0.1) is 11.3 Å². The number of nitrogens with zero attached hydrogens (tertiary/aromatic N) is 1. The van der Waals surface area contributed by atoms with Gasteiger partial charge in [0.2, 0.25) is 0 Å². The molecule has 0 fully saturated rings. The third-order valence-corrected chi connectivity index (χ3v) is 3.75. The summed E-state index contributed by atoms with van der Waals surface area (Å²) >= 11 is 12.0. The molecule has 23 heavy (non-hydrogen) atoms. The van der Waals surface area contributed by atoms with Crippen molar-refractivity contribution in [3.63, 3.8) is 0 Å². The van der Waals surface area contributed by atoms with E-state index in [-0.39, 0.29) is 11.9 Å². The lowest BCUT2D eigenvalue weighted by Crippen LogP contribution is -2.30.